The summed E-state index contributed by atoms with van der Waals surface area (Å²) >= 11 is 0. The van der Waals surface area contributed by atoms with E-state index in [-0.39, 0.29) is 12.4 Å². The molecule has 6 heteroatoms. The molecule has 0 aromatic heterocycles. The van der Waals surface area contributed by atoms with Gasteiger partial charge >= 0.3 is 6.36 Å². The quantitative estimate of drug-likeness (QED) is 0.154. The number of unbranched alkanes of at least 4 members (excludes halogenated alkanes) is 11. The van der Waals surface area contributed by atoms with Gasteiger partial charge in [-0.1, -0.05) is 89.7 Å². The van der Waals surface area contributed by atoms with Gasteiger partial charge in [0.25, 0.3) is 0 Å². The first kappa shape index (κ1) is 28.7. The molecule has 0 atom stereocenters. The standard InChI is InChI=1S/C29H40F3NO2/c1-2-3-4-5-6-7-8-9-10-11-12-13-22-33-23-25-14-18-27(19-15-25)34-24-26-16-20-28(21-17-26)35-29(30,31)32/h14-21,23H,2-13,22,24H2,1H3. The number of nitrogens with zero attached hydrogens (tertiary/aromatic N) is 1. The van der Waals surface area contributed by atoms with Gasteiger partial charge < -0.3 is 9.47 Å². The Hall–Kier alpha value is -2.50. The minimum Gasteiger partial charge on any atom is -0.489 e. The summed E-state index contributed by atoms with van der Waals surface area (Å²) in [7, 11) is 0. The van der Waals surface area contributed by atoms with Crippen molar-refractivity contribution >= 4 is 6.21 Å². The first-order valence-electron chi connectivity index (χ1n) is 13.0. The van der Waals surface area contributed by atoms with Crippen molar-refractivity contribution in [3.8, 4) is 11.5 Å². The molecule has 194 valence electrons. The molecule has 0 radical (unpaired) electrons. The molecule has 0 aliphatic carbocycles. The highest BCUT2D eigenvalue weighted by Crippen LogP contribution is 2.23. The summed E-state index contributed by atoms with van der Waals surface area (Å²) in [6.07, 6.45) is 13.3. The van der Waals surface area contributed by atoms with E-state index in [4.69, 9.17) is 4.74 Å². The molecule has 0 saturated carbocycles. The van der Waals surface area contributed by atoms with Crippen LogP contribution in [0.15, 0.2) is 53.5 Å². The minimum atomic E-state index is -4.68. The fourth-order valence-electron chi connectivity index (χ4n) is 3.82. The van der Waals surface area contributed by atoms with Gasteiger partial charge in [0, 0.05) is 12.8 Å². The Morgan fingerprint density at radius 3 is 1.74 bits per heavy atom. The number of hydrogen-bond acceptors (Lipinski definition) is 3. The SMILES string of the molecule is CCCCCCCCCCCCCCN=Cc1ccc(OCc2ccc(OC(F)(F)F)cc2)cc1. The second kappa shape index (κ2) is 17.0. The lowest BCUT2D eigenvalue weighted by Gasteiger charge is -2.10. The summed E-state index contributed by atoms with van der Waals surface area (Å²) in [5.41, 5.74) is 1.78. The Morgan fingerprint density at radius 1 is 0.686 bits per heavy atom. The number of alkyl halides is 3. The Morgan fingerprint density at radius 2 is 1.20 bits per heavy atom. The fourth-order valence-corrected chi connectivity index (χ4v) is 3.82. The smallest absolute Gasteiger partial charge is 0.489 e. The molecular formula is C29H40F3NO2. The summed E-state index contributed by atoms with van der Waals surface area (Å²) in [6.45, 7) is 3.38. The average Bonchev–Trinajstić information content (AvgIpc) is 2.83. The molecular weight excluding hydrogens is 451 g/mol. The zero-order valence-corrected chi connectivity index (χ0v) is 21.0. The van der Waals surface area contributed by atoms with Crippen LogP contribution in [0, 0.1) is 0 Å². The maximum Gasteiger partial charge on any atom is 0.573 e. The van der Waals surface area contributed by atoms with E-state index in [0.717, 1.165) is 24.1 Å². The van der Waals surface area contributed by atoms with E-state index in [9.17, 15) is 13.2 Å². The molecule has 0 amide bonds. The Labute approximate surface area is 208 Å². The van der Waals surface area contributed by atoms with Crippen molar-refractivity contribution in [1.29, 1.82) is 0 Å². The lowest BCUT2D eigenvalue weighted by molar-refractivity contribution is -0.274. The third kappa shape index (κ3) is 14.5. The van der Waals surface area contributed by atoms with E-state index in [1.54, 1.807) is 12.1 Å². The van der Waals surface area contributed by atoms with Gasteiger partial charge in [0.2, 0.25) is 0 Å². The van der Waals surface area contributed by atoms with Crippen molar-refractivity contribution in [2.75, 3.05) is 6.54 Å². The average molecular weight is 492 g/mol. The predicted octanol–water partition coefficient (Wildman–Crippen LogP) is 9.28. The normalized spacial score (nSPS) is 11.8. The summed E-state index contributed by atoms with van der Waals surface area (Å²) in [5, 5.41) is 0. The lowest BCUT2D eigenvalue weighted by Crippen LogP contribution is -2.17. The van der Waals surface area contributed by atoms with E-state index in [2.05, 4.69) is 16.7 Å². The van der Waals surface area contributed by atoms with E-state index in [1.165, 1.54) is 82.8 Å². The van der Waals surface area contributed by atoms with Crippen molar-refractivity contribution in [3.63, 3.8) is 0 Å². The number of benzene rings is 2. The molecule has 0 aliphatic heterocycles. The van der Waals surface area contributed by atoms with Crippen molar-refractivity contribution in [2.24, 2.45) is 4.99 Å². The predicted molar refractivity (Wildman–Crippen MR) is 137 cm³/mol. The number of hydrogen-bond donors (Lipinski definition) is 0. The molecule has 0 bridgehead atoms. The fraction of sp³-hybridized carbons (Fsp3) is 0.552. The lowest BCUT2D eigenvalue weighted by atomic mass is 10.1. The van der Waals surface area contributed by atoms with Crippen molar-refractivity contribution in [2.45, 2.75) is 96.9 Å². The van der Waals surface area contributed by atoms with Gasteiger partial charge in [-0.2, -0.15) is 0 Å². The highest BCUT2D eigenvalue weighted by atomic mass is 19.4. The number of rotatable bonds is 18. The Balaban J connectivity index is 1.52. The third-order valence-corrected chi connectivity index (χ3v) is 5.82. The van der Waals surface area contributed by atoms with Gasteiger partial charge in [-0.3, -0.25) is 4.99 Å². The van der Waals surface area contributed by atoms with Crippen LogP contribution in [0.3, 0.4) is 0 Å². The van der Waals surface area contributed by atoms with Crippen molar-refractivity contribution < 1.29 is 22.6 Å². The number of halogens is 3. The molecule has 0 N–H and O–H groups in total. The number of ether oxygens (including phenoxy) is 2. The minimum absolute atomic E-state index is 0.242. The van der Waals surface area contributed by atoms with Crippen LogP contribution < -0.4 is 9.47 Å². The zero-order chi connectivity index (χ0) is 25.2. The molecule has 0 saturated heterocycles. The first-order chi connectivity index (χ1) is 17.0. The van der Waals surface area contributed by atoms with Gasteiger partial charge in [-0.05, 0) is 53.9 Å². The molecule has 2 aromatic rings. The monoisotopic (exact) mass is 491 g/mol. The highest BCUT2D eigenvalue weighted by Gasteiger charge is 2.30. The van der Waals surface area contributed by atoms with E-state index in [1.807, 2.05) is 30.5 Å². The van der Waals surface area contributed by atoms with E-state index < -0.39 is 6.36 Å². The third-order valence-electron chi connectivity index (χ3n) is 5.82. The van der Waals surface area contributed by atoms with Crippen molar-refractivity contribution in [3.05, 3.63) is 59.7 Å². The van der Waals surface area contributed by atoms with E-state index in [0.29, 0.717) is 5.75 Å². The largest absolute Gasteiger partial charge is 0.573 e. The zero-order valence-electron chi connectivity index (χ0n) is 21.0. The van der Waals surface area contributed by atoms with Crippen LogP contribution in [0.4, 0.5) is 13.2 Å². The molecule has 0 fully saturated rings. The van der Waals surface area contributed by atoms with Crippen LogP contribution in [0.2, 0.25) is 0 Å². The molecule has 0 spiro atoms. The molecule has 2 rings (SSSR count). The Bertz CT molecular complexity index is 817. The Kier molecular flexibility index (Phi) is 14.0. The van der Waals surface area contributed by atoms with Crippen LogP contribution in [0.25, 0.3) is 0 Å². The second-order valence-corrected chi connectivity index (χ2v) is 8.97. The van der Waals surface area contributed by atoms with Crippen LogP contribution >= 0.6 is 0 Å². The molecule has 0 aliphatic rings. The second-order valence-electron chi connectivity index (χ2n) is 8.97. The molecule has 3 nitrogen and oxygen atoms in total. The van der Waals surface area contributed by atoms with Gasteiger partial charge in [-0.15, -0.1) is 13.2 Å². The maximum atomic E-state index is 12.2. The van der Waals surface area contributed by atoms with Crippen LogP contribution in [0.1, 0.15) is 95.1 Å². The van der Waals surface area contributed by atoms with Crippen molar-refractivity contribution in [1.82, 2.24) is 0 Å². The van der Waals surface area contributed by atoms with Gasteiger partial charge in [0.15, 0.2) is 0 Å². The molecule has 35 heavy (non-hydrogen) atoms. The number of aliphatic imine (C=N–C) groups is 1. The van der Waals surface area contributed by atoms with E-state index >= 15 is 0 Å². The summed E-state index contributed by atoms with van der Waals surface area (Å²) in [4.78, 5) is 4.52. The first-order valence-corrected chi connectivity index (χ1v) is 13.0. The maximum absolute atomic E-state index is 12.2. The van der Waals surface area contributed by atoms with Crippen LogP contribution in [-0.2, 0) is 6.61 Å². The summed E-state index contributed by atoms with van der Waals surface area (Å²) in [5.74, 6) is 0.451. The van der Waals surface area contributed by atoms with Gasteiger partial charge in [0.1, 0.15) is 18.1 Å². The highest BCUT2D eigenvalue weighted by molar-refractivity contribution is 5.79. The van der Waals surface area contributed by atoms with Crippen LogP contribution in [-0.4, -0.2) is 19.1 Å². The molecule has 0 unspecified atom stereocenters. The molecule has 2 aromatic carbocycles. The summed E-state index contributed by atoms with van der Waals surface area (Å²) < 4.78 is 46.2. The molecule has 0 heterocycles. The summed E-state index contributed by atoms with van der Waals surface area (Å²) in [6, 6.07) is 13.3. The van der Waals surface area contributed by atoms with Gasteiger partial charge in [-0.25, -0.2) is 0 Å². The topological polar surface area (TPSA) is 30.8 Å². The van der Waals surface area contributed by atoms with Crippen LogP contribution in [0.5, 0.6) is 11.5 Å². The van der Waals surface area contributed by atoms with Gasteiger partial charge in [0.05, 0.1) is 0 Å².